The molecule has 9 heteroatoms. The normalized spacial score (nSPS) is 18.1. The Bertz CT molecular complexity index is 1090. The number of hydrogen-bond donors (Lipinski definition) is 2. The fourth-order valence-corrected chi connectivity index (χ4v) is 5.38. The average Bonchev–Trinajstić information content (AvgIpc) is 2.80. The lowest BCUT2D eigenvalue weighted by Gasteiger charge is -2.33. The van der Waals surface area contributed by atoms with E-state index in [1.807, 2.05) is 26.2 Å². The Hall–Kier alpha value is -2.16. The van der Waals surface area contributed by atoms with Gasteiger partial charge in [0.05, 0.1) is 18.2 Å². The molecule has 0 aliphatic heterocycles. The minimum Gasteiger partial charge on any atom is -0.493 e. The topological polar surface area (TPSA) is 83.7 Å². The third-order valence-corrected chi connectivity index (χ3v) is 7.51. The zero-order chi connectivity index (χ0) is 25.0. The number of thioether (sulfide) groups is 1. The molecule has 3 rings (SSSR count). The standard InChI is InChI=1S/C25H34ClN3O4S/c1-14-11-21(34-6)19(25(31)28-14)13-27-24(30)18-12-20(26)23(22(32-5)15(18)2)33-17-9-7-16(8-10-17)29(3)4/h11-12,16-17H,7-10,13H2,1-6H3,(H,27,30)(H,28,31). The Morgan fingerprint density at radius 2 is 1.88 bits per heavy atom. The molecule has 1 amide bonds. The van der Waals surface area contributed by atoms with Gasteiger partial charge in [0.15, 0.2) is 11.5 Å². The number of aromatic amines is 1. The number of carbonyl (C=O) groups excluding carboxylic acids is 1. The Morgan fingerprint density at radius 1 is 1.21 bits per heavy atom. The maximum Gasteiger partial charge on any atom is 0.254 e. The molecule has 1 fully saturated rings. The molecule has 0 spiro atoms. The second kappa shape index (κ2) is 11.5. The fraction of sp³-hybridized carbons (Fsp3) is 0.520. The number of hydrogen-bond acceptors (Lipinski definition) is 6. The van der Waals surface area contributed by atoms with Gasteiger partial charge in [-0.3, -0.25) is 9.59 Å². The first kappa shape index (κ1) is 26.4. The van der Waals surface area contributed by atoms with Crippen molar-refractivity contribution < 1.29 is 14.3 Å². The molecule has 2 N–H and O–H groups in total. The smallest absolute Gasteiger partial charge is 0.254 e. The number of pyridine rings is 1. The molecule has 1 aromatic carbocycles. The number of amides is 1. The van der Waals surface area contributed by atoms with Gasteiger partial charge in [0.25, 0.3) is 11.5 Å². The Balaban J connectivity index is 1.78. The summed E-state index contributed by atoms with van der Waals surface area (Å²) in [5, 5.41) is 3.19. The molecule has 1 heterocycles. The van der Waals surface area contributed by atoms with Crippen LogP contribution < -0.4 is 20.3 Å². The predicted molar refractivity (Wildman–Crippen MR) is 138 cm³/mol. The van der Waals surface area contributed by atoms with Crippen LogP contribution >= 0.6 is 23.4 Å². The van der Waals surface area contributed by atoms with Crippen LogP contribution in [0.25, 0.3) is 0 Å². The zero-order valence-corrected chi connectivity index (χ0v) is 22.3. The maximum atomic E-state index is 13.0. The predicted octanol–water partition coefficient (Wildman–Crippen LogP) is 4.56. The van der Waals surface area contributed by atoms with E-state index in [0.29, 0.717) is 39.3 Å². The number of H-pyrrole nitrogens is 1. The molecule has 1 aliphatic carbocycles. The quantitative estimate of drug-likeness (QED) is 0.510. The van der Waals surface area contributed by atoms with Crippen molar-refractivity contribution in [1.82, 2.24) is 15.2 Å². The molecule has 34 heavy (non-hydrogen) atoms. The van der Waals surface area contributed by atoms with Crippen LogP contribution in [0.3, 0.4) is 0 Å². The van der Waals surface area contributed by atoms with Crippen molar-refractivity contribution in [3.05, 3.63) is 49.9 Å². The number of nitrogens with zero attached hydrogens (tertiary/aromatic N) is 1. The molecule has 0 saturated heterocycles. The van der Waals surface area contributed by atoms with Gasteiger partial charge in [-0.1, -0.05) is 11.6 Å². The van der Waals surface area contributed by atoms with Crippen molar-refractivity contribution in [2.45, 2.75) is 63.1 Å². The summed E-state index contributed by atoms with van der Waals surface area (Å²) in [5.74, 6) is 0.610. The van der Waals surface area contributed by atoms with Gasteiger partial charge in [0.1, 0.15) is 0 Å². The Kier molecular flexibility index (Phi) is 8.95. The summed E-state index contributed by atoms with van der Waals surface area (Å²) >= 11 is 8.05. The van der Waals surface area contributed by atoms with E-state index in [4.69, 9.17) is 21.1 Å². The number of methoxy groups -OCH3 is 1. The first-order valence-electron chi connectivity index (χ1n) is 11.4. The van der Waals surface area contributed by atoms with Gasteiger partial charge >= 0.3 is 0 Å². The largest absolute Gasteiger partial charge is 0.493 e. The number of carbonyl (C=O) groups is 1. The van der Waals surface area contributed by atoms with E-state index < -0.39 is 0 Å². The highest BCUT2D eigenvalue weighted by Crippen LogP contribution is 2.42. The Labute approximate surface area is 210 Å². The number of ether oxygens (including phenoxy) is 2. The zero-order valence-electron chi connectivity index (χ0n) is 20.7. The van der Waals surface area contributed by atoms with Crippen molar-refractivity contribution in [3.8, 4) is 11.5 Å². The molecule has 1 aliphatic rings. The van der Waals surface area contributed by atoms with E-state index in [0.717, 1.165) is 36.3 Å². The van der Waals surface area contributed by atoms with Gasteiger partial charge in [0, 0.05) is 39.9 Å². The summed E-state index contributed by atoms with van der Waals surface area (Å²) in [6.07, 6.45) is 5.96. The van der Waals surface area contributed by atoms with Crippen LogP contribution in [0.4, 0.5) is 0 Å². The molecule has 0 unspecified atom stereocenters. The molecule has 2 aromatic rings. The molecule has 7 nitrogen and oxygen atoms in total. The van der Waals surface area contributed by atoms with Crippen molar-refractivity contribution in [1.29, 1.82) is 0 Å². The van der Waals surface area contributed by atoms with Crippen LogP contribution in [0.1, 0.15) is 52.9 Å². The lowest BCUT2D eigenvalue weighted by molar-refractivity contribution is 0.0948. The van der Waals surface area contributed by atoms with Gasteiger partial charge < -0.3 is 24.7 Å². The SMILES string of the molecule is COc1c(C)c(C(=O)NCc2c(SC)cc(C)[nH]c2=O)cc(Cl)c1OC1CCC(N(C)C)CC1. The first-order valence-corrected chi connectivity index (χ1v) is 13.0. The van der Waals surface area contributed by atoms with Crippen molar-refractivity contribution in [2.75, 3.05) is 27.5 Å². The number of aryl methyl sites for hydroxylation is 1. The fourth-order valence-electron chi connectivity index (χ4n) is 4.44. The minimum atomic E-state index is -0.331. The van der Waals surface area contributed by atoms with Gasteiger partial charge in [-0.15, -0.1) is 11.8 Å². The first-order chi connectivity index (χ1) is 16.2. The maximum absolute atomic E-state index is 13.0. The minimum absolute atomic E-state index is 0.0555. The van der Waals surface area contributed by atoms with Gasteiger partial charge in [-0.05, 0) is 72.0 Å². The van der Waals surface area contributed by atoms with E-state index in [2.05, 4.69) is 29.3 Å². The van der Waals surface area contributed by atoms with E-state index >= 15 is 0 Å². The van der Waals surface area contributed by atoms with E-state index in [1.165, 1.54) is 11.8 Å². The highest BCUT2D eigenvalue weighted by atomic mass is 35.5. The molecular formula is C25H34ClN3O4S. The highest BCUT2D eigenvalue weighted by Gasteiger charge is 2.27. The average molecular weight is 508 g/mol. The number of aromatic nitrogens is 1. The van der Waals surface area contributed by atoms with Gasteiger partial charge in [-0.2, -0.15) is 0 Å². The van der Waals surface area contributed by atoms with Gasteiger partial charge in [0.2, 0.25) is 0 Å². The second-order valence-corrected chi connectivity index (χ2v) is 10.2. The van der Waals surface area contributed by atoms with E-state index in [-0.39, 0.29) is 24.1 Å². The summed E-state index contributed by atoms with van der Waals surface area (Å²) in [6.45, 7) is 3.75. The summed E-state index contributed by atoms with van der Waals surface area (Å²) < 4.78 is 11.9. The van der Waals surface area contributed by atoms with Crippen molar-refractivity contribution in [3.63, 3.8) is 0 Å². The third-order valence-electron chi connectivity index (χ3n) is 6.42. The van der Waals surface area contributed by atoms with Crippen LogP contribution in [0.2, 0.25) is 5.02 Å². The number of nitrogens with one attached hydrogen (secondary N) is 2. The lowest BCUT2D eigenvalue weighted by atomic mass is 9.92. The Morgan fingerprint density at radius 3 is 2.47 bits per heavy atom. The molecule has 0 atom stereocenters. The molecule has 0 bridgehead atoms. The number of benzene rings is 1. The van der Waals surface area contributed by atoms with E-state index in [9.17, 15) is 9.59 Å². The third kappa shape index (κ3) is 5.90. The van der Waals surface area contributed by atoms with Crippen molar-refractivity contribution in [2.24, 2.45) is 0 Å². The summed E-state index contributed by atoms with van der Waals surface area (Å²) in [5.41, 5.74) is 2.13. The molecule has 1 saturated carbocycles. The van der Waals surface area contributed by atoms with Crippen LogP contribution in [0, 0.1) is 13.8 Å². The molecular weight excluding hydrogens is 474 g/mol. The number of rotatable bonds is 8. The summed E-state index contributed by atoms with van der Waals surface area (Å²) in [7, 11) is 5.76. The van der Waals surface area contributed by atoms with Crippen LogP contribution in [-0.4, -0.2) is 55.4 Å². The van der Waals surface area contributed by atoms with Gasteiger partial charge in [-0.25, -0.2) is 0 Å². The van der Waals surface area contributed by atoms with E-state index in [1.54, 1.807) is 13.2 Å². The summed E-state index contributed by atoms with van der Waals surface area (Å²) in [6, 6.07) is 4.08. The molecule has 1 aromatic heterocycles. The molecule has 186 valence electrons. The second-order valence-electron chi connectivity index (χ2n) is 8.92. The summed E-state index contributed by atoms with van der Waals surface area (Å²) in [4.78, 5) is 31.3. The monoisotopic (exact) mass is 507 g/mol. The van der Waals surface area contributed by atoms with Crippen LogP contribution in [-0.2, 0) is 6.54 Å². The number of halogens is 1. The lowest BCUT2D eigenvalue weighted by Crippen LogP contribution is -2.35. The van der Waals surface area contributed by atoms with Crippen LogP contribution in [0.5, 0.6) is 11.5 Å². The van der Waals surface area contributed by atoms with Crippen LogP contribution in [0.15, 0.2) is 21.8 Å². The van der Waals surface area contributed by atoms with Crippen molar-refractivity contribution >= 4 is 29.3 Å². The molecule has 0 radical (unpaired) electrons. The highest BCUT2D eigenvalue weighted by molar-refractivity contribution is 7.98.